The number of rotatable bonds is 3. The van der Waals surface area contributed by atoms with E-state index in [0.717, 1.165) is 18.8 Å². The van der Waals surface area contributed by atoms with Crippen molar-refractivity contribution in [3.63, 3.8) is 0 Å². The van der Waals surface area contributed by atoms with Gasteiger partial charge in [0.2, 0.25) is 5.60 Å². The van der Waals surface area contributed by atoms with Crippen LogP contribution in [0.3, 0.4) is 0 Å². The van der Waals surface area contributed by atoms with Crippen molar-refractivity contribution < 1.29 is 19.4 Å². The van der Waals surface area contributed by atoms with Crippen molar-refractivity contribution in [3.8, 4) is 17.5 Å². The standard InChI is InChI=1S/C24H24N6O4/c1-28-8-7-24(33,23(28)32)6-5-16-3-2-4-17(13-16)30-22-19(20(27-30)21(25)31)14-18(15-26-22)29-9-11-34-12-10-29/h2-4,13-15,33H,7-12H2,1H3,(H2,25,31)/t24-/m0/s1. The molecule has 2 aliphatic heterocycles. The predicted molar refractivity (Wildman–Crippen MR) is 124 cm³/mol. The van der Waals surface area contributed by atoms with E-state index in [0.29, 0.717) is 42.0 Å². The van der Waals surface area contributed by atoms with Gasteiger partial charge in [-0.2, -0.15) is 5.10 Å². The Labute approximate surface area is 195 Å². The molecule has 5 rings (SSSR count). The van der Waals surface area contributed by atoms with Gasteiger partial charge in [-0.3, -0.25) is 9.59 Å². The summed E-state index contributed by atoms with van der Waals surface area (Å²) in [5.41, 5.74) is 6.64. The molecule has 4 heterocycles. The van der Waals surface area contributed by atoms with Gasteiger partial charge in [0.05, 0.1) is 36.2 Å². The molecule has 1 atom stereocenters. The van der Waals surface area contributed by atoms with Crippen LogP contribution in [0, 0.1) is 11.8 Å². The van der Waals surface area contributed by atoms with Crippen LogP contribution >= 0.6 is 0 Å². The van der Waals surface area contributed by atoms with Gasteiger partial charge in [-0.25, -0.2) is 9.67 Å². The largest absolute Gasteiger partial charge is 0.378 e. The molecule has 0 radical (unpaired) electrons. The van der Waals surface area contributed by atoms with Crippen molar-refractivity contribution in [1.82, 2.24) is 19.7 Å². The number of fused-ring (bicyclic) bond motifs is 1. The molecule has 0 aliphatic carbocycles. The average molecular weight is 460 g/mol. The second kappa shape index (κ2) is 8.44. The van der Waals surface area contributed by atoms with Crippen LogP contribution in [0.25, 0.3) is 16.7 Å². The van der Waals surface area contributed by atoms with Crippen LogP contribution in [0.4, 0.5) is 5.69 Å². The summed E-state index contributed by atoms with van der Waals surface area (Å²) in [6, 6.07) is 9.00. The van der Waals surface area contributed by atoms with Gasteiger partial charge >= 0.3 is 0 Å². The zero-order valence-corrected chi connectivity index (χ0v) is 18.7. The van der Waals surface area contributed by atoms with E-state index in [-0.39, 0.29) is 12.1 Å². The van der Waals surface area contributed by atoms with E-state index >= 15 is 0 Å². The number of hydrogen-bond acceptors (Lipinski definition) is 7. The Bertz CT molecular complexity index is 1350. The van der Waals surface area contributed by atoms with Gasteiger partial charge in [-0.05, 0) is 24.3 Å². The smallest absolute Gasteiger partial charge is 0.269 e. The Morgan fingerprint density at radius 3 is 2.71 bits per heavy atom. The third-order valence-electron chi connectivity index (χ3n) is 6.13. The summed E-state index contributed by atoms with van der Waals surface area (Å²) in [5.74, 6) is 4.57. The zero-order valence-electron chi connectivity index (χ0n) is 18.7. The minimum Gasteiger partial charge on any atom is -0.378 e. The van der Waals surface area contributed by atoms with Gasteiger partial charge in [0.1, 0.15) is 0 Å². The van der Waals surface area contributed by atoms with Gasteiger partial charge in [0.25, 0.3) is 11.8 Å². The summed E-state index contributed by atoms with van der Waals surface area (Å²) in [7, 11) is 1.64. The molecule has 2 aromatic heterocycles. The molecule has 3 aromatic rings. The number of carbonyl (C=O) groups is 2. The number of benzene rings is 1. The molecule has 2 saturated heterocycles. The molecule has 2 aliphatic rings. The van der Waals surface area contributed by atoms with Crippen LogP contribution in [0.5, 0.6) is 0 Å². The molecule has 10 nitrogen and oxygen atoms in total. The van der Waals surface area contributed by atoms with E-state index < -0.39 is 17.4 Å². The molecule has 34 heavy (non-hydrogen) atoms. The molecule has 0 unspecified atom stereocenters. The fourth-order valence-electron chi connectivity index (χ4n) is 4.21. The fourth-order valence-corrected chi connectivity index (χ4v) is 4.21. The van der Waals surface area contributed by atoms with Gasteiger partial charge in [0.15, 0.2) is 11.3 Å². The first-order chi connectivity index (χ1) is 16.4. The lowest BCUT2D eigenvalue weighted by Crippen LogP contribution is -2.37. The number of amides is 2. The van der Waals surface area contributed by atoms with Gasteiger partial charge < -0.3 is 25.4 Å². The second-order valence-electron chi connectivity index (χ2n) is 8.43. The number of ether oxygens (including phenoxy) is 1. The summed E-state index contributed by atoms with van der Waals surface area (Å²) in [6.07, 6.45) is 2.01. The summed E-state index contributed by atoms with van der Waals surface area (Å²) in [4.78, 5) is 32.5. The number of likely N-dealkylation sites (N-methyl/N-ethyl adjacent to an activating group) is 1. The molecule has 0 bridgehead atoms. The van der Waals surface area contributed by atoms with Crippen LogP contribution in [-0.2, 0) is 9.53 Å². The van der Waals surface area contributed by atoms with Crippen LogP contribution in [0.15, 0.2) is 36.5 Å². The van der Waals surface area contributed by atoms with Crippen LogP contribution < -0.4 is 10.6 Å². The first-order valence-corrected chi connectivity index (χ1v) is 11.0. The Morgan fingerprint density at radius 1 is 1.21 bits per heavy atom. The number of nitrogens with zero attached hydrogens (tertiary/aromatic N) is 5. The third-order valence-corrected chi connectivity index (χ3v) is 6.13. The van der Waals surface area contributed by atoms with Crippen LogP contribution in [-0.4, -0.2) is 82.1 Å². The number of hydrogen-bond donors (Lipinski definition) is 2. The molecular weight excluding hydrogens is 436 g/mol. The summed E-state index contributed by atoms with van der Waals surface area (Å²) in [6.45, 7) is 3.18. The minimum absolute atomic E-state index is 0.128. The van der Waals surface area contributed by atoms with Crippen molar-refractivity contribution in [1.29, 1.82) is 0 Å². The topological polar surface area (TPSA) is 127 Å². The van der Waals surface area contributed by atoms with Crippen LogP contribution in [0.1, 0.15) is 22.5 Å². The number of carbonyl (C=O) groups excluding carboxylic acids is 2. The molecule has 2 amide bonds. The highest BCUT2D eigenvalue weighted by Crippen LogP contribution is 2.26. The number of pyridine rings is 1. The maximum atomic E-state index is 12.2. The van der Waals surface area contributed by atoms with Crippen molar-refractivity contribution in [2.24, 2.45) is 5.73 Å². The monoisotopic (exact) mass is 460 g/mol. The van der Waals surface area contributed by atoms with Crippen LogP contribution in [0.2, 0.25) is 0 Å². The van der Waals surface area contributed by atoms with Crippen molar-refractivity contribution in [3.05, 3.63) is 47.8 Å². The Kier molecular flexibility index (Phi) is 5.43. The summed E-state index contributed by atoms with van der Waals surface area (Å²) >= 11 is 0. The third kappa shape index (κ3) is 3.85. The number of morpholine rings is 1. The lowest BCUT2D eigenvalue weighted by molar-refractivity contribution is -0.137. The number of primary amides is 1. The van der Waals surface area contributed by atoms with E-state index in [1.54, 1.807) is 36.1 Å². The Balaban J connectivity index is 1.53. The van der Waals surface area contributed by atoms with E-state index in [1.165, 1.54) is 4.90 Å². The van der Waals surface area contributed by atoms with E-state index in [9.17, 15) is 14.7 Å². The Hall–Kier alpha value is -3.94. The molecule has 1 aromatic carbocycles. The number of aliphatic hydroxyl groups is 1. The molecule has 0 spiro atoms. The predicted octanol–water partition coefficient (Wildman–Crippen LogP) is 0.301. The highest BCUT2D eigenvalue weighted by atomic mass is 16.5. The summed E-state index contributed by atoms with van der Waals surface area (Å²) < 4.78 is 6.96. The normalized spacial score (nSPS) is 20.5. The molecule has 174 valence electrons. The van der Waals surface area contributed by atoms with Crippen molar-refractivity contribution >= 4 is 28.5 Å². The first kappa shape index (κ1) is 21.9. The lowest BCUT2D eigenvalue weighted by atomic mass is 10.0. The van der Waals surface area contributed by atoms with E-state index in [1.807, 2.05) is 12.1 Å². The fraction of sp³-hybridized carbons (Fsp3) is 0.333. The van der Waals surface area contributed by atoms with E-state index in [4.69, 9.17) is 10.5 Å². The highest BCUT2D eigenvalue weighted by Gasteiger charge is 2.42. The number of likely N-dealkylation sites (tertiary alicyclic amines) is 1. The SMILES string of the molecule is CN1CC[C@@](O)(C#Cc2cccc(-n3nc(C(N)=O)c4cc(N5CCOCC5)cnc43)c2)C1=O. The maximum Gasteiger partial charge on any atom is 0.269 e. The molecule has 0 saturated carbocycles. The van der Waals surface area contributed by atoms with Gasteiger partial charge in [-0.15, -0.1) is 0 Å². The summed E-state index contributed by atoms with van der Waals surface area (Å²) in [5, 5.41) is 15.6. The molecule has 2 fully saturated rings. The zero-order chi connectivity index (χ0) is 23.9. The van der Waals surface area contributed by atoms with Gasteiger partial charge in [-0.1, -0.05) is 17.9 Å². The molecule has 10 heteroatoms. The van der Waals surface area contributed by atoms with E-state index in [2.05, 4.69) is 26.8 Å². The average Bonchev–Trinajstić information content (AvgIpc) is 3.37. The Morgan fingerprint density at radius 2 is 2.00 bits per heavy atom. The van der Waals surface area contributed by atoms with Crippen molar-refractivity contribution in [2.45, 2.75) is 12.0 Å². The quantitative estimate of drug-likeness (QED) is 0.538. The second-order valence-corrected chi connectivity index (χ2v) is 8.43. The number of nitrogens with two attached hydrogens (primary N) is 1. The number of aromatic nitrogens is 3. The number of anilines is 1. The lowest BCUT2D eigenvalue weighted by Gasteiger charge is -2.28. The molecular formula is C24H24N6O4. The molecule has 3 N–H and O–H groups in total. The van der Waals surface area contributed by atoms with Gasteiger partial charge in [0, 0.05) is 38.7 Å². The minimum atomic E-state index is -1.68. The van der Waals surface area contributed by atoms with Crippen molar-refractivity contribution in [2.75, 3.05) is 44.8 Å². The first-order valence-electron chi connectivity index (χ1n) is 11.0. The highest BCUT2D eigenvalue weighted by molar-refractivity contribution is 6.04. The maximum absolute atomic E-state index is 12.2.